The first-order chi connectivity index (χ1) is 13.6. The molecule has 0 fully saturated rings. The molecule has 0 aliphatic rings. The summed E-state index contributed by atoms with van der Waals surface area (Å²) in [5, 5.41) is 1.29. The molecule has 0 amide bonds. The maximum absolute atomic E-state index is 2.35. The Hall–Kier alpha value is -1.31. The van der Waals surface area contributed by atoms with E-state index in [1.807, 2.05) is 0 Å². The summed E-state index contributed by atoms with van der Waals surface area (Å²) in [4.78, 5) is 0. The summed E-state index contributed by atoms with van der Waals surface area (Å²) < 4.78 is 2.12. The Morgan fingerprint density at radius 3 is 1.50 bits per heavy atom. The number of unbranched alkanes of at least 4 members (excludes halogenated alkanes) is 4. The van der Waals surface area contributed by atoms with E-state index in [4.69, 9.17) is 0 Å². The molecule has 1 aromatic heterocycles. The molecule has 0 atom stereocenters. The Bertz CT molecular complexity index is 594. The zero-order valence-electron chi connectivity index (χ0n) is 19.6. The molecule has 0 aliphatic carbocycles. The maximum Gasteiger partial charge on any atom is 0.212 e. The van der Waals surface area contributed by atoms with Crippen molar-refractivity contribution in [2.75, 3.05) is 0 Å². The lowest BCUT2D eigenvalue weighted by atomic mass is 9.17. The van der Waals surface area contributed by atoms with Crippen molar-refractivity contribution >= 4 is 17.0 Å². The van der Waals surface area contributed by atoms with Crippen molar-refractivity contribution < 1.29 is 4.57 Å². The third kappa shape index (κ3) is 8.80. The van der Waals surface area contributed by atoms with Gasteiger partial charge in [-0.15, -0.1) is 0 Å². The van der Waals surface area contributed by atoms with Gasteiger partial charge in [0.15, 0.2) is 6.20 Å². The van der Waals surface area contributed by atoms with Crippen molar-refractivity contribution in [3.63, 3.8) is 0 Å². The van der Waals surface area contributed by atoms with Crippen molar-refractivity contribution in [3.8, 4) is 0 Å². The summed E-state index contributed by atoms with van der Waals surface area (Å²) in [6, 6.07) is 12.5. The molecule has 0 saturated heterocycles. The number of aromatic nitrogens is 1. The van der Waals surface area contributed by atoms with Crippen LogP contribution in [0.25, 0.3) is 10.9 Å². The highest BCUT2D eigenvalue weighted by atomic mass is 14.9. The molecule has 1 nitrogen and oxygen atoms in total. The van der Waals surface area contributed by atoms with Gasteiger partial charge in [-0.1, -0.05) is 91.2 Å². The SMILES string of the molecule is CCCC[B-](CCCC)(CCCC)CCCC.C[n+]1cccc2ccccc21. The number of fused-ring (bicyclic) bond motifs is 1. The molecule has 0 bridgehead atoms. The molecule has 0 N–H and O–H groups in total. The molecular formula is C26H46BN. The zero-order chi connectivity index (χ0) is 20.7. The van der Waals surface area contributed by atoms with Crippen molar-refractivity contribution in [1.29, 1.82) is 0 Å². The molecule has 0 unspecified atom stereocenters. The van der Waals surface area contributed by atoms with Gasteiger partial charge in [-0.3, -0.25) is 0 Å². The van der Waals surface area contributed by atoms with Crippen LogP contribution in [0.5, 0.6) is 0 Å². The topological polar surface area (TPSA) is 3.88 Å². The number of hydrogen-bond donors (Lipinski definition) is 0. The van der Waals surface area contributed by atoms with Crippen LogP contribution in [0.3, 0.4) is 0 Å². The monoisotopic (exact) mass is 383 g/mol. The quantitative estimate of drug-likeness (QED) is 0.256. The molecule has 0 spiro atoms. The molecule has 0 saturated carbocycles. The van der Waals surface area contributed by atoms with E-state index in [2.05, 4.69) is 81.9 Å². The van der Waals surface area contributed by atoms with Gasteiger partial charge in [0.1, 0.15) is 7.05 Å². The Morgan fingerprint density at radius 1 is 0.643 bits per heavy atom. The van der Waals surface area contributed by atoms with Gasteiger partial charge in [-0.05, 0) is 12.1 Å². The zero-order valence-corrected chi connectivity index (χ0v) is 19.6. The largest absolute Gasteiger partial charge is 0.212 e. The summed E-state index contributed by atoms with van der Waals surface area (Å²) in [6.07, 6.45) is 19.7. The number of rotatable bonds is 12. The standard InChI is InChI=1S/C16H36B.C10H10N/c1-5-9-13-17(14-10-6-2,15-11-7-3)16-12-8-4;1-11-8-4-6-9-5-2-3-7-10(9)11/h5-16H2,1-4H3;2-8H,1H3/q-1;+1. The second kappa shape index (κ2) is 14.7. The van der Waals surface area contributed by atoms with E-state index in [0.29, 0.717) is 0 Å². The highest BCUT2D eigenvalue weighted by molar-refractivity contribution is 6.79. The van der Waals surface area contributed by atoms with Crippen LogP contribution in [0.2, 0.25) is 25.3 Å². The smallest absolute Gasteiger partial charge is 0.201 e. The number of benzene rings is 1. The Balaban J connectivity index is 0.000000302. The van der Waals surface area contributed by atoms with E-state index in [0.717, 1.165) is 0 Å². The van der Waals surface area contributed by atoms with Crippen LogP contribution in [0.15, 0.2) is 42.6 Å². The summed E-state index contributed by atoms with van der Waals surface area (Å²) in [7, 11) is 2.06. The van der Waals surface area contributed by atoms with Gasteiger partial charge in [0, 0.05) is 23.7 Å². The van der Waals surface area contributed by atoms with Gasteiger partial charge >= 0.3 is 0 Å². The average Bonchev–Trinajstić information content (AvgIpc) is 2.73. The van der Waals surface area contributed by atoms with Crippen LogP contribution in [-0.4, -0.2) is 6.15 Å². The molecule has 0 radical (unpaired) electrons. The number of aryl methyl sites for hydroxylation is 1. The van der Waals surface area contributed by atoms with Gasteiger partial charge in [0.2, 0.25) is 5.52 Å². The van der Waals surface area contributed by atoms with Gasteiger partial charge in [0.25, 0.3) is 0 Å². The first kappa shape index (κ1) is 24.7. The fourth-order valence-electron chi connectivity index (χ4n) is 4.72. The molecule has 2 aromatic rings. The predicted molar refractivity (Wildman–Crippen MR) is 130 cm³/mol. The predicted octanol–water partition coefficient (Wildman–Crippen LogP) is 8.30. The highest BCUT2D eigenvalue weighted by Gasteiger charge is 2.22. The molecule has 0 aliphatic heterocycles. The average molecular weight is 383 g/mol. The lowest BCUT2D eigenvalue weighted by Crippen LogP contribution is -2.33. The number of para-hydroxylation sites is 1. The summed E-state index contributed by atoms with van der Waals surface area (Å²) in [6.45, 7) is 9.39. The second-order valence-electron chi connectivity index (χ2n) is 8.98. The van der Waals surface area contributed by atoms with Gasteiger partial charge in [-0.2, -0.15) is 25.3 Å². The highest BCUT2D eigenvalue weighted by Crippen LogP contribution is 2.33. The molecule has 2 rings (SSSR count). The minimum Gasteiger partial charge on any atom is -0.201 e. The van der Waals surface area contributed by atoms with Crippen LogP contribution < -0.4 is 4.57 Å². The normalized spacial score (nSPS) is 11.3. The number of hydrogen-bond acceptors (Lipinski definition) is 0. The van der Waals surface area contributed by atoms with E-state index in [9.17, 15) is 0 Å². The van der Waals surface area contributed by atoms with Gasteiger partial charge in [0.05, 0.1) is 0 Å². The maximum atomic E-state index is 2.35. The van der Waals surface area contributed by atoms with Crippen molar-refractivity contribution in [1.82, 2.24) is 0 Å². The molecule has 2 heteroatoms. The number of nitrogens with zero attached hydrogens (tertiary/aromatic N) is 1. The van der Waals surface area contributed by atoms with Crippen LogP contribution in [0.1, 0.15) is 79.1 Å². The van der Waals surface area contributed by atoms with E-state index in [1.165, 1.54) is 62.3 Å². The van der Waals surface area contributed by atoms with Crippen molar-refractivity contribution in [3.05, 3.63) is 42.6 Å². The van der Waals surface area contributed by atoms with E-state index in [1.54, 1.807) is 25.3 Å². The lowest BCUT2D eigenvalue weighted by Gasteiger charge is -2.40. The van der Waals surface area contributed by atoms with Crippen molar-refractivity contribution in [2.24, 2.45) is 7.05 Å². The summed E-state index contributed by atoms with van der Waals surface area (Å²) >= 11 is 0. The fourth-order valence-corrected chi connectivity index (χ4v) is 4.72. The Morgan fingerprint density at radius 2 is 1.07 bits per heavy atom. The lowest BCUT2D eigenvalue weighted by molar-refractivity contribution is -0.644. The third-order valence-corrected chi connectivity index (χ3v) is 6.58. The molecule has 1 heterocycles. The number of pyridine rings is 1. The molecule has 158 valence electrons. The fraction of sp³-hybridized carbons (Fsp3) is 0.654. The van der Waals surface area contributed by atoms with Crippen LogP contribution in [0.4, 0.5) is 0 Å². The van der Waals surface area contributed by atoms with Crippen LogP contribution in [-0.2, 0) is 7.05 Å². The second-order valence-corrected chi connectivity index (χ2v) is 8.98. The van der Waals surface area contributed by atoms with Crippen LogP contribution in [0, 0.1) is 0 Å². The van der Waals surface area contributed by atoms with E-state index in [-0.39, 0.29) is 6.15 Å². The summed E-state index contributed by atoms with van der Waals surface area (Å²) in [5.74, 6) is 0. The van der Waals surface area contributed by atoms with E-state index < -0.39 is 0 Å². The van der Waals surface area contributed by atoms with E-state index >= 15 is 0 Å². The minimum absolute atomic E-state index is 0.00722. The first-order valence-electron chi connectivity index (χ1n) is 12.2. The molecular weight excluding hydrogens is 337 g/mol. The Kier molecular flexibility index (Phi) is 12.9. The molecule has 1 aromatic carbocycles. The van der Waals surface area contributed by atoms with Gasteiger partial charge < -0.3 is 0 Å². The Labute approximate surface area is 175 Å². The minimum atomic E-state index is -0.00722. The first-order valence-corrected chi connectivity index (χ1v) is 12.2. The van der Waals surface area contributed by atoms with Crippen LogP contribution >= 0.6 is 0 Å². The van der Waals surface area contributed by atoms with Crippen molar-refractivity contribution in [2.45, 2.75) is 104 Å². The summed E-state index contributed by atoms with van der Waals surface area (Å²) in [5.41, 5.74) is 1.27. The van der Waals surface area contributed by atoms with Gasteiger partial charge in [-0.25, -0.2) is 4.57 Å². The molecule has 28 heavy (non-hydrogen) atoms. The third-order valence-electron chi connectivity index (χ3n) is 6.58.